The molecule has 1 N–H and O–H groups in total. The van der Waals surface area contributed by atoms with Crippen LogP contribution in [0.15, 0.2) is 60.7 Å². The molecule has 1 atom stereocenters. The molecule has 0 radical (unpaired) electrons. The third-order valence-electron chi connectivity index (χ3n) is 4.64. The highest BCUT2D eigenvalue weighted by Gasteiger charge is 2.18. The lowest BCUT2D eigenvalue weighted by Gasteiger charge is -2.27. The molecule has 0 fully saturated rings. The van der Waals surface area contributed by atoms with Crippen LogP contribution >= 0.6 is 11.6 Å². The van der Waals surface area contributed by atoms with Gasteiger partial charge < -0.3 is 10.2 Å². The van der Waals surface area contributed by atoms with Gasteiger partial charge in [-0.25, -0.2) is 0 Å². The summed E-state index contributed by atoms with van der Waals surface area (Å²) in [5.41, 5.74) is 3.71. The van der Waals surface area contributed by atoms with E-state index in [4.69, 9.17) is 11.6 Å². The average Bonchev–Trinajstić information content (AvgIpc) is 2.67. The average molecular weight is 355 g/mol. The predicted molar refractivity (Wildman–Crippen MR) is 103 cm³/mol. The van der Waals surface area contributed by atoms with E-state index in [9.17, 15) is 4.79 Å². The van der Waals surface area contributed by atoms with Crippen LogP contribution in [0.25, 0.3) is 5.57 Å². The monoisotopic (exact) mass is 354 g/mol. The highest BCUT2D eigenvalue weighted by Crippen LogP contribution is 2.22. The lowest BCUT2D eigenvalue weighted by Crippen LogP contribution is -2.41. The van der Waals surface area contributed by atoms with Crippen LogP contribution in [0.4, 0.5) is 0 Å². The number of carbonyl (C=O) groups excluding carboxylic acids is 1. The molecule has 0 saturated carbocycles. The SMILES string of the molecule is C[C@@H](NCC(=O)N1CC=C(c2ccccc2)CC1)c1ccc(Cl)cc1. The topological polar surface area (TPSA) is 32.3 Å². The Bertz CT molecular complexity index is 740. The molecule has 4 heteroatoms. The molecule has 1 heterocycles. The quantitative estimate of drug-likeness (QED) is 0.867. The number of rotatable bonds is 5. The molecule has 2 aromatic carbocycles. The number of nitrogens with one attached hydrogen (secondary N) is 1. The van der Waals surface area contributed by atoms with E-state index in [1.54, 1.807) is 0 Å². The molecule has 0 aromatic heterocycles. The van der Waals surface area contributed by atoms with Gasteiger partial charge >= 0.3 is 0 Å². The minimum Gasteiger partial charge on any atom is -0.338 e. The molecule has 0 bridgehead atoms. The zero-order chi connectivity index (χ0) is 17.6. The summed E-state index contributed by atoms with van der Waals surface area (Å²) in [4.78, 5) is 14.4. The highest BCUT2D eigenvalue weighted by molar-refractivity contribution is 6.30. The molecule has 1 amide bonds. The molecular weight excluding hydrogens is 332 g/mol. The third kappa shape index (κ3) is 4.71. The number of halogens is 1. The lowest BCUT2D eigenvalue weighted by atomic mass is 9.99. The van der Waals surface area contributed by atoms with Crippen LogP contribution in [0.2, 0.25) is 5.02 Å². The molecule has 0 saturated heterocycles. The first kappa shape index (κ1) is 17.7. The van der Waals surface area contributed by atoms with Gasteiger partial charge in [0.05, 0.1) is 6.54 Å². The normalized spacial score (nSPS) is 15.6. The van der Waals surface area contributed by atoms with Crippen LogP contribution in [0.1, 0.15) is 30.5 Å². The largest absolute Gasteiger partial charge is 0.338 e. The van der Waals surface area contributed by atoms with Gasteiger partial charge in [0.15, 0.2) is 0 Å². The minimum atomic E-state index is 0.112. The number of hydrogen-bond donors (Lipinski definition) is 1. The molecule has 3 nitrogen and oxygen atoms in total. The molecule has 2 aromatic rings. The summed E-state index contributed by atoms with van der Waals surface area (Å²) in [5, 5.41) is 4.03. The fraction of sp³-hybridized carbons (Fsp3) is 0.286. The second-order valence-electron chi connectivity index (χ2n) is 6.34. The highest BCUT2D eigenvalue weighted by atomic mass is 35.5. The first-order valence-corrected chi connectivity index (χ1v) is 9.02. The minimum absolute atomic E-state index is 0.112. The van der Waals surface area contributed by atoms with Gasteiger partial charge in [-0.05, 0) is 42.2 Å². The van der Waals surface area contributed by atoms with E-state index in [0.29, 0.717) is 13.1 Å². The van der Waals surface area contributed by atoms with Crippen molar-refractivity contribution in [3.63, 3.8) is 0 Å². The van der Waals surface area contributed by atoms with Crippen LogP contribution < -0.4 is 5.32 Å². The number of carbonyl (C=O) groups is 1. The lowest BCUT2D eigenvalue weighted by molar-refractivity contribution is -0.129. The van der Waals surface area contributed by atoms with Crippen molar-refractivity contribution in [3.8, 4) is 0 Å². The van der Waals surface area contributed by atoms with Gasteiger partial charge in [0.25, 0.3) is 0 Å². The van der Waals surface area contributed by atoms with Gasteiger partial charge in [-0.15, -0.1) is 0 Å². The summed E-state index contributed by atoms with van der Waals surface area (Å²) in [6.45, 7) is 3.86. The first-order valence-electron chi connectivity index (χ1n) is 8.64. The molecule has 130 valence electrons. The predicted octanol–water partition coefficient (Wildman–Crippen LogP) is 4.31. The summed E-state index contributed by atoms with van der Waals surface area (Å²) >= 11 is 5.91. The number of hydrogen-bond acceptors (Lipinski definition) is 2. The Labute approximate surface area is 154 Å². The Balaban J connectivity index is 1.51. The van der Waals surface area contributed by atoms with E-state index in [1.165, 1.54) is 11.1 Å². The van der Waals surface area contributed by atoms with Crippen molar-refractivity contribution in [2.75, 3.05) is 19.6 Å². The Morgan fingerprint density at radius 3 is 2.52 bits per heavy atom. The van der Waals surface area contributed by atoms with Crippen molar-refractivity contribution in [1.82, 2.24) is 10.2 Å². The van der Waals surface area contributed by atoms with Crippen molar-refractivity contribution in [2.45, 2.75) is 19.4 Å². The van der Waals surface area contributed by atoms with Crippen LogP contribution in [-0.2, 0) is 4.79 Å². The molecule has 1 aliphatic rings. The van der Waals surface area contributed by atoms with Gasteiger partial charge in [0, 0.05) is 24.2 Å². The van der Waals surface area contributed by atoms with E-state index in [0.717, 1.165) is 23.6 Å². The van der Waals surface area contributed by atoms with Gasteiger partial charge in [-0.2, -0.15) is 0 Å². The summed E-state index contributed by atoms with van der Waals surface area (Å²) in [5.74, 6) is 0.143. The third-order valence-corrected chi connectivity index (χ3v) is 4.89. The van der Waals surface area contributed by atoms with E-state index in [-0.39, 0.29) is 11.9 Å². The molecule has 1 aliphatic heterocycles. The number of benzene rings is 2. The maximum absolute atomic E-state index is 12.4. The van der Waals surface area contributed by atoms with Gasteiger partial charge in [-0.3, -0.25) is 4.79 Å². The van der Waals surface area contributed by atoms with Crippen LogP contribution in [0, 0.1) is 0 Å². The summed E-state index contributed by atoms with van der Waals surface area (Å²) in [6.07, 6.45) is 3.07. The second-order valence-corrected chi connectivity index (χ2v) is 6.78. The molecule has 25 heavy (non-hydrogen) atoms. The van der Waals surface area contributed by atoms with Gasteiger partial charge in [0.1, 0.15) is 0 Å². The van der Waals surface area contributed by atoms with E-state index < -0.39 is 0 Å². The Kier molecular flexibility index (Phi) is 5.90. The zero-order valence-electron chi connectivity index (χ0n) is 14.4. The van der Waals surface area contributed by atoms with E-state index in [2.05, 4.69) is 42.6 Å². The fourth-order valence-electron chi connectivity index (χ4n) is 3.03. The van der Waals surface area contributed by atoms with Crippen LogP contribution in [0.3, 0.4) is 0 Å². The number of nitrogens with zero attached hydrogens (tertiary/aromatic N) is 1. The van der Waals surface area contributed by atoms with Crippen molar-refractivity contribution >= 4 is 23.1 Å². The molecule has 0 aliphatic carbocycles. The molecule has 0 spiro atoms. The maximum Gasteiger partial charge on any atom is 0.236 e. The second kappa shape index (κ2) is 8.32. The van der Waals surface area contributed by atoms with Gasteiger partial charge in [0.2, 0.25) is 5.91 Å². The Hall–Kier alpha value is -2.10. The van der Waals surface area contributed by atoms with Crippen LogP contribution in [0.5, 0.6) is 0 Å². The van der Waals surface area contributed by atoms with Crippen molar-refractivity contribution in [3.05, 3.63) is 76.8 Å². The molecular formula is C21H23ClN2O. The summed E-state index contributed by atoms with van der Waals surface area (Å²) < 4.78 is 0. The Morgan fingerprint density at radius 1 is 1.16 bits per heavy atom. The first-order chi connectivity index (χ1) is 12.1. The molecule has 0 unspecified atom stereocenters. The molecule has 3 rings (SSSR count). The smallest absolute Gasteiger partial charge is 0.236 e. The fourth-order valence-corrected chi connectivity index (χ4v) is 3.16. The maximum atomic E-state index is 12.4. The van der Waals surface area contributed by atoms with E-state index in [1.807, 2.05) is 35.2 Å². The van der Waals surface area contributed by atoms with E-state index >= 15 is 0 Å². The summed E-state index contributed by atoms with van der Waals surface area (Å²) in [7, 11) is 0. The van der Waals surface area contributed by atoms with Crippen molar-refractivity contribution in [1.29, 1.82) is 0 Å². The standard InChI is InChI=1S/C21H23ClN2O/c1-16(17-7-9-20(22)10-8-17)23-15-21(25)24-13-11-19(12-14-24)18-5-3-2-4-6-18/h2-11,16,23H,12-15H2,1H3/t16-/m1/s1. The Morgan fingerprint density at radius 2 is 1.88 bits per heavy atom. The summed E-state index contributed by atoms with van der Waals surface area (Å²) in [6, 6.07) is 18.2. The van der Waals surface area contributed by atoms with Crippen molar-refractivity contribution in [2.24, 2.45) is 0 Å². The zero-order valence-corrected chi connectivity index (χ0v) is 15.2. The van der Waals surface area contributed by atoms with Crippen molar-refractivity contribution < 1.29 is 4.79 Å². The van der Waals surface area contributed by atoms with Gasteiger partial charge in [-0.1, -0.05) is 60.1 Å². The number of amides is 1. The van der Waals surface area contributed by atoms with Crippen LogP contribution in [-0.4, -0.2) is 30.4 Å².